The summed E-state index contributed by atoms with van der Waals surface area (Å²) in [4.78, 5) is 11.3. The smallest absolute Gasteiger partial charge is 0.305 e. The molecular weight excluding hydrogens is 392 g/mol. The van der Waals surface area contributed by atoms with Crippen LogP contribution in [-0.2, 0) is 22.4 Å². The molecule has 0 aliphatic carbocycles. The maximum atomic E-state index is 11.3. The largest absolute Gasteiger partial charge is 0.497 e. The number of carbonyl (C=O) groups excluding carboxylic acids is 1. The number of carbonyl (C=O) groups is 1. The first-order valence-corrected chi connectivity index (χ1v) is 10.7. The van der Waals surface area contributed by atoms with Crippen molar-refractivity contribution in [3.63, 3.8) is 0 Å². The minimum Gasteiger partial charge on any atom is -0.497 e. The quantitative estimate of drug-likeness (QED) is 0.355. The Morgan fingerprint density at radius 3 is 2.35 bits per heavy atom. The summed E-state index contributed by atoms with van der Waals surface area (Å²) in [5.41, 5.74) is 9.47. The molecule has 0 spiro atoms. The molecule has 0 saturated heterocycles. The van der Waals surface area contributed by atoms with E-state index in [1.165, 1.54) is 5.56 Å². The van der Waals surface area contributed by atoms with Crippen molar-refractivity contribution >= 4 is 5.97 Å². The number of rotatable bonds is 14. The molecule has 1 atom stereocenters. The van der Waals surface area contributed by atoms with Gasteiger partial charge in [-0.15, -0.1) is 0 Å². The van der Waals surface area contributed by atoms with E-state index in [0.717, 1.165) is 35.7 Å². The molecule has 3 N–H and O–H groups in total. The van der Waals surface area contributed by atoms with Crippen molar-refractivity contribution in [1.82, 2.24) is 5.32 Å². The molecule has 168 valence electrons. The fourth-order valence-electron chi connectivity index (χ4n) is 3.03. The van der Waals surface area contributed by atoms with E-state index in [4.69, 9.17) is 19.9 Å². The van der Waals surface area contributed by atoms with Crippen LogP contribution in [0.4, 0.5) is 0 Å². The van der Waals surface area contributed by atoms with Crippen LogP contribution in [0, 0.1) is 0 Å². The van der Waals surface area contributed by atoms with Crippen LogP contribution in [0.2, 0.25) is 0 Å². The molecule has 6 heteroatoms. The second-order valence-corrected chi connectivity index (χ2v) is 7.26. The van der Waals surface area contributed by atoms with Crippen LogP contribution in [0.3, 0.4) is 0 Å². The summed E-state index contributed by atoms with van der Waals surface area (Å²) in [6.07, 6.45) is 2.58. The Morgan fingerprint density at radius 2 is 1.71 bits per heavy atom. The Hall–Kier alpha value is -2.99. The summed E-state index contributed by atoms with van der Waals surface area (Å²) in [7, 11) is 1.66. The minimum absolute atomic E-state index is 0.174. The number of hydrogen-bond donors (Lipinski definition) is 2. The fraction of sp³-hybridized carbons (Fsp3) is 0.400. The molecule has 0 aliphatic rings. The first kappa shape index (κ1) is 24.3. The van der Waals surface area contributed by atoms with E-state index in [1.807, 2.05) is 36.4 Å². The second kappa shape index (κ2) is 13.3. The average Bonchev–Trinajstić information content (AvgIpc) is 2.78. The van der Waals surface area contributed by atoms with Crippen LogP contribution in [0.5, 0.6) is 11.5 Å². The van der Waals surface area contributed by atoms with Crippen molar-refractivity contribution in [3.8, 4) is 11.5 Å². The highest BCUT2D eigenvalue weighted by Gasteiger charge is 2.09. The summed E-state index contributed by atoms with van der Waals surface area (Å²) in [5, 5.41) is 3.33. The molecule has 0 saturated carbocycles. The molecule has 0 aliphatic heterocycles. The van der Waals surface area contributed by atoms with E-state index in [-0.39, 0.29) is 12.0 Å². The zero-order valence-corrected chi connectivity index (χ0v) is 18.6. The summed E-state index contributed by atoms with van der Waals surface area (Å²) < 4.78 is 15.8. The van der Waals surface area contributed by atoms with E-state index in [1.54, 1.807) is 14.0 Å². The first-order chi connectivity index (χ1) is 15.0. The van der Waals surface area contributed by atoms with Gasteiger partial charge in [0.25, 0.3) is 0 Å². The van der Waals surface area contributed by atoms with E-state index < -0.39 is 0 Å². The predicted molar refractivity (Wildman–Crippen MR) is 123 cm³/mol. The lowest BCUT2D eigenvalue weighted by atomic mass is 10.0. The van der Waals surface area contributed by atoms with Gasteiger partial charge in [0.1, 0.15) is 11.5 Å². The van der Waals surface area contributed by atoms with E-state index >= 15 is 0 Å². The van der Waals surface area contributed by atoms with Crippen LogP contribution in [0.25, 0.3) is 0 Å². The highest BCUT2D eigenvalue weighted by molar-refractivity contribution is 5.69. The molecule has 2 aromatic carbocycles. The van der Waals surface area contributed by atoms with Crippen molar-refractivity contribution in [2.45, 2.75) is 38.6 Å². The third kappa shape index (κ3) is 9.13. The Labute approximate surface area is 185 Å². The van der Waals surface area contributed by atoms with Crippen LogP contribution < -0.4 is 20.5 Å². The van der Waals surface area contributed by atoms with Crippen LogP contribution in [0.15, 0.2) is 60.8 Å². The van der Waals surface area contributed by atoms with Gasteiger partial charge < -0.3 is 25.3 Å². The van der Waals surface area contributed by atoms with E-state index in [0.29, 0.717) is 32.5 Å². The van der Waals surface area contributed by atoms with Gasteiger partial charge in [-0.05, 0) is 61.6 Å². The summed E-state index contributed by atoms with van der Waals surface area (Å²) in [6, 6.07) is 15.7. The highest BCUT2D eigenvalue weighted by atomic mass is 16.5. The lowest BCUT2D eigenvalue weighted by Crippen LogP contribution is -2.33. The molecule has 0 unspecified atom stereocenters. The second-order valence-electron chi connectivity index (χ2n) is 7.26. The topological polar surface area (TPSA) is 82.8 Å². The molecule has 0 aromatic heterocycles. The monoisotopic (exact) mass is 426 g/mol. The van der Waals surface area contributed by atoms with Gasteiger partial charge in [0.2, 0.25) is 0 Å². The summed E-state index contributed by atoms with van der Waals surface area (Å²) >= 11 is 0. The molecule has 2 rings (SSSR count). The molecule has 2 aromatic rings. The van der Waals surface area contributed by atoms with Crippen molar-refractivity contribution in [2.24, 2.45) is 5.73 Å². The van der Waals surface area contributed by atoms with Crippen molar-refractivity contribution < 1.29 is 19.0 Å². The van der Waals surface area contributed by atoms with Gasteiger partial charge in [-0.25, -0.2) is 0 Å². The number of hydrogen-bond acceptors (Lipinski definition) is 6. The maximum Gasteiger partial charge on any atom is 0.305 e. The van der Waals surface area contributed by atoms with Crippen LogP contribution >= 0.6 is 0 Å². The maximum absolute atomic E-state index is 11.3. The standard InChI is InChI=1S/C25H34N2O4/c1-4-30-25(28)6-5-17-31-23-13-9-21(10-14-23)18-24(26)19(2)27-16-15-20-7-11-22(29-3)12-8-20/h7-14,24,27H,2,4-6,15-18,26H2,1,3H3/t24-/m0/s1. The van der Waals surface area contributed by atoms with Gasteiger partial charge in [-0.2, -0.15) is 0 Å². The Kier molecular flexibility index (Phi) is 10.4. The molecule has 0 bridgehead atoms. The van der Waals surface area contributed by atoms with Crippen molar-refractivity contribution in [3.05, 3.63) is 71.9 Å². The van der Waals surface area contributed by atoms with Crippen molar-refractivity contribution in [1.29, 1.82) is 0 Å². The van der Waals surface area contributed by atoms with Gasteiger partial charge in [0.15, 0.2) is 0 Å². The number of ether oxygens (including phenoxy) is 3. The van der Waals surface area contributed by atoms with E-state index in [9.17, 15) is 4.79 Å². The zero-order chi connectivity index (χ0) is 22.5. The Morgan fingerprint density at radius 1 is 1.06 bits per heavy atom. The highest BCUT2D eigenvalue weighted by Crippen LogP contribution is 2.15. The lowest BCUT2D eigenvalue weighted by molar-refractivity contribution is -0.143. The molecule has 31 heavy (non-hydrogen) atoms. The number of esters is 1. The molecule has 0 fully saturated rings. The number of nitrogens with two attached hydrogens (primary N) is 1. The third-order valence-corrected chi connectivity index (χ3v) is 4.85. The Balaban J connectivity index is 1.67. The molecule has 0 amide bonds. The first-order valence-electron chi connectivity index (χ1n) is 10.7. The number of benzene rings is 2. The fourth-order valence-corrected chi connectivity index (χ4v) is 3.03. The number of nitrogens with one attached hydrogen (secondary N) is 1. The van der Waals surface area contributed by atoms with Crippen LogP contribution in [-0.4, -0.2) is 38.9 Å². The SMILES string of the molecule is C=C(NCCc1ccc(OC)cc1)[C@@H](N)Cc1ccc(OCCCC(=O)OCC)cc1. The van der Waals surface area contributed by atoms with Gasteiger partial charge in [-0.1, -0.05) is 30.8 Å². The summed E-state index contributed by atoms with van der Waals surface area (Å²) in [5.74, 6) is 1.45. The third-order valence-electron chi connectivity index (χ3n) is 4.85. The van der Waals surface area contributed by atoms with Crippen LogP contribution in [0.1, 0.15) is 30.9 Å². The Bertz CT molecular complexity index is 803. The van der Waals surface area contributed by atoms with Gasteiger partial charge in [0, 0.05) is 24.7 Å². The molecule has 0 heterocycles. The number of methoxy groups -OCH3 is 1. The molecule has 6 nitrogen and oxygen atoms in total. The summed E-state index contributed by atoms with van der Waals surface area (Å²) in [6.45, 7) is 7.55. The lowest BCUT2D eigenvalue weighted by Gasteiger charge is -2.17. The molecule has 0 radical (unpaired) electrons. The van der Waals surface area contributed by atoms with Gasteiger partial charge in [0.05, 0.1) is 20.3 Å². The predicted octanol–water partition coefficient (Wildman–Crippen LogP) is 3.63. The van der Waals surface area contributed by atoms with Gasteiger partial charge in [-0.3, -0.25) is 4.79 Å². The average molecular weight is 427 g/mol. The molecular formula is C25H34N2O4. The normalized spacial score (nSPS) is 11.5. The van der Waals surface area contributed by atoms with E-state index in [2.05, 4.69) is 24.0 Å². The van der Waals surface area contributed by atoms with Crippen molar-refractivity contribution in [2.75, 3.05) is 26.9 Å². The zero-order valence-electron chi connectivity index (χ0n) is 18.6. The minimum atomic E-state index is -0.187. The van der Waals surface area contributed by atoms with Gasteiger partial charge >= 0.3 is 5.97 Å².